The van der Waals surface area contributed by atoms with Crippen LogP contribution in [-0.2, 0) is 16.1 Å². The Bertz CT molecular complexity index is 375. The molecule has 0 saturated heterocycles. The van der Waals surface area contributed by atoms with Gasteiger partial charge in [-0.05, 0) is 12.8 Å². The number of nitrogens with one attached hydrogen (secondary N) is 1. The average molecular weight is 283 g/mol. The molecule has 1 aromatic heterocycles. The van der Waals surface area contributed by atoms with Gasteiger partial charge >= 0.3 is 0 Å². The fourth-order valence-corrected chi connectivity index (χ4v) is 1.54. The Morgan fingerprint density at radius 1 is 1.10 bits per heavy atom. The maximum atomic E-state index is 5.59. The first kappa shape index (κ1) is 16.7. The molecule has 0 aliphatic heterocycles. The minimum atomic E-state index is 0.365. The minimum Gasteiger partial charge on any atom is -0.475 e. The second-order valence-electron chi connectivity index (χ2n) is 4.33. The van der Waals surface area contributed by atoms with Crippen molar-refractivity contribution in [1.29, 1.82) is 0 Å². The van der Waals surface area contributed by atoms with E-state index in [2.05, 4.69) is 29.1 Å². The number of ether oxygens (including phenoxy) is 3. The monoisotopic (exact) mass is 283 g/mol. The van der Waals surface area contributed by atoms with Crippen LogP contribution in [0.15, 0.2) is 6.07 Å². The largest absolute Gasteiger partial charge is 0.475 e. The Kier molecular flexibility index (Phi) is 8.66. The highest BCUT2D eigenvalue weighted by Gasteiger charge is 2.05. The lowest BCUT2D eigenvalue weighted by molar-refractivity contribution is 0.0985. The standard InChI is InChI=1S/C14H25N3O3/c1-4-6-15-12-10-14(17-13(16-12)11-18-3)20-9-8-19-7-5-2/h10H,4-9,11H2,1-3H3,(H,15,16,17). The van der Waals surface area contributed by atoms with Crippen LogP contribution in [0.1, 0.15) is 32.5 Å². The van der Waals surface area contributed by atoms with Crippen molar-refractivity contribution in [2.75, 3.05) is 38.8 Å². The van der Waals surface area contributed by atoms with Crippen molar-refractivity contribution in [3.8, 4) is 5.88 Å². The molecule has 0 bridgehead atoms. The normalized spacial score (nSPS) is 10.6. The first-order chi connectivity index (χ1) is 9.80. The molecule has 0 amide bonds. The maximum Gasteiger partial charge on any atom is 0.218 e. The Hall–Kier alpha value is -1.40. The summed E-state index contributed by atoms with van der Waals surface area (Å²) in [5.41, 5.74) is 0. The molecular formula is C14H25N3O3. The fourth-order valence-electron chi connectivity index (χ4n) is 1.54. The van der Waals surface area contributed by atoms with Crippen molar-refractivity contribution in [2.45, 2.75) is 33.3 Å². The minimum absolute atomic E-state index is 0.365. The molecule has 20 heavy (non-hydrogen) atoms. The van der Waals surface area contributed by atoms with Gasteiger partial charge in [0.15, 0.2) is 5.82 Å². The molecule has 1 rings (SSSR count). The topological polar surface area (TPSA) is 65.5 Å². The van der Waals surface area contributed by atoms with Crippen LogP contribution in [-0.4, -0.2) is 43.4 Å². The van der Waals surface area contributed by atoms with Gasteiger partial charge in [-0.15, -0.1) is 0 Å². The van der Waals surface area contributed by atoms with E-state index >= 15 is 0 Å². The maximum absolute atomic E-state index is 5.59. The van der Waals surface area contributed by atoms with E-state index in [1.807, 2.05) is 0 Å². The van der Waals surface area contributed by atoms with Crippen molar-refractivity contribution >= 4 is 5.82 Å². The predicted octanol–water partition coefficient (Wildman–Crippen LogP) is 2.25. The molecule has 0 spiro atoms. The van der Waals surface area contributed by atoms with Crippen LogP contribution in [0, 0.1) is 0 Å². The molecule has 0 aliphatic rings. The highest BCUT2D eigenvalue weighted by atomic mass is 16.5. The quantitative estimate of drug-likeness (QED) is 0.628. The van der Waals surface area contributed by atoms with Gasteiger partial charge < -0.3 is 19.5 Å². The summed E-state index contributed by atoms with van der Waals surface area (Å²) in [7, 11) is 1.62. The van der Waals surface area contributed by atoms with E-state index < -0.39 is 0 Å². The fraction of sp³-hybridized carbons (Fsp3) is 0.714. The van der Waals surface area contributed by atoms with Crippen molar-refractivity contribution in [1.82, 2.24) is 9.97 Å². The lowest BCUT2D eigenvalue weighted by Crippen LogP contribution is -2.11. The molecule has 6 heteroatoms. The third-order valence-corrected chi connectivity index (χ3v) is 2.40. The number of hydrogen-bond acceptors (Lipinski definition) is 6. The molecule has 1 heterocycles. The molecule has 114 valence electrons. The Balaban J connectivity index is 2.55. The van der Waals surface area contributed by atoms with Gasteiger partial charge in [0.25, 0.3) is 0 Å². The molecule has 0 unspecified atom stereocenters. The number of aromatic nitrogens is 2. The van der Waals surface area contributed by atoms with Crippen LogP contribution < -0.4 is 10.1 Å². The summed E-state index contributed by atoms with van der Waals surface area (Å²) in [5.74, 6) is 1.92. The van der Waals surface area contributed by atoms with Crippen molar-refractivity contribution in [2.24, 2.45) is 0 Å². The molecule has 0 fully saturated rings. The lowest BCUT2D eigenvalue weighted by Gasteiger charge is -2.10. The van der Waals surface area contributed by atoms with Gasteiger partial charge in [0.2, 0.25) is 5.88 Å². The van der Waals surface area contributed by atoms with E-state index in [0.717, 1.165) is 31.8 Å². The van der Waals surface area contributed by atoms with Crippen LogP contribution in [0.25, 0.3) is 0 Å². The van der Waals surface area contributed by atoms with Crippen LogP contribution in [0.2, 0.25) is 0 Å². The number of anilines is 1. The third kappa shape index (κ3) is 6.68. The third-order valence-electron chi connectivity index (χ3n) is 2.40. The van der Waals surface area contributed by atoms with Gasteiger partial charge in [-0.1, -0.05) is 13.8 Å². The summed E-state index contributed by atoms with van der Waals surface area (Å²) in [4.78, 5) is 8.65. The van der Waals surface area contributed by atoms with Gasteiger partial charge in [-0.2, -0.15) is 4.98 Å². The van der Waals surface area contributed by atoms with Crippen LogP contribution in [0.3, 0.4) is 0 Å². The van der Waals surface area contributed by atoms with Crippen LogP contribution in [0.4, 0.5) is 5.82 Å². The van der Waals surface area contributed by atoms with Gasteiger partial charge in [0.1, 0.15) is 19.0 Å². The molecule has 1 N–H and O–H groups in total. The number of rotatable bonds is 11. The van der Waals surface area contributed by atoms with E-state index in [0.29, 0.717) is 31.5 Å². The Labute approximate surface area is 120 Å². The summed E-state index contributed by atoms with van der Waals surface area (Å²) in [6, 6.07) is 1.80. The first-order valence-electron chi connectivity index (χ1n) is 7.11. The van der Waals surface area contributed by atoms with Crippen molar-refractivity contribution in [3.63, 3.8) is 0 Å². The Morgan fingerprint density at radius 2 is 1.95 bits per heavy atom. The van der Waals surface area contributed by atoms with Crippen LogP contribution in [0.5, 0.6) is 5.88 Å². The SMILES string of the molecule is CCCNc1cc(OCCOCCC)nc(COC)n1. The first-order valence-corrected chi connectivity index (χ1v) is 7.11. The van der Waals surface area contributed by atoms with Gasteiger partial charge in [0.05, 0.1) is 6.61 Å². The lowest BCUT2D eigenvalue weighted by atomic mass is 10.4. The molecule has 6 nitrogen and oxygen atoms in total. The summed E-state index contributed by atoms with van der Waals surface area (Å²) >= 11 is 0. The number of hydrogen-bond donors (Lipinski definition) is 1. The van der Waals surface area contributed by atoms with Gasteiger partial charge in [-0.25, -0.2) is 4.98 Å². The second kappa shape index (κ2) is 10.4. The Morgan fingerprint density at radius 3 is 2.65 bits per heavy atom. The van der Waals surface area contributed by atoms with E-state index in [4.69, 9.17) is 14.2 Å². The molecule has 0 atom stereocenters. The highest BCUT2D eigenvalue weighted by molar-refractivity contribution is 5.38. The zero-order valence-corrected chi connectivity index (χ0v) is 12.6. The van der Waals surface area contributed by atoms with E-state index in [1.54, 1.807) is 13.2 Å². The van der Waals surface area contributed by atoms with Crippen LogP contribution >= 0.6 is 0 Å². The van der Waals surface area contributed by atoms with E-state index in [1.165, 1.54) is 0 Å². The van der Waals surface area contributed by atoms with E-state index in [-0.39, 0.29) is 0 Å². The predicted molar refractivity (Wildman–Crippen MR) is 78.1 cm³/mol. The summed E-state index contributed by atoms with van der Waals surface area (Å²) in [5, 5.41) is 3.23. The average Bonchev–Trinajstić information content (AvgIpc) is 2.45. The molecule has 0 aliphatic carbocycles. The highest BCUT2D eigenvalue weighted by Crippen LogP contribution is 2.14. The molecule has 0 aromatic carbocycles. The van der Waals surface area contributed by atoms with Crippen molar-refractivity contribution < 1.29 is 14.2 Å². The van der Waals surface area contributed by atoms with Gasteiger partial charge in [0, 0.05) is 26.3 Å². The van der Waals surface area contributed by atoms with Gasteiger partial charge in [-0.3, -0.25) is 0 Å². The smallest absolute Gasteiger partial charge is 0.218 e. The summed E-state index contributed by atoms with van der Waals surface area (Å²) < 4.78 is 16.0. The summed E-state index contributed by atoms with van der Waals surface area (Å²) in [6.07, 6.45) is 2.04. The van der Waals surface area contributed by atoms with E-state index in [9.17, 15) is 0 Å². The summed E-state index contributed by atoms with van der Waals surface area (Å²) in [6.45, 7) is 7.21. The second-order valence-corrected chi connectivity index (χ2v) is 4.33. The molecule has 0 radical (unpaired) electrons. The zero-order chi connectivity index (χ0) is 14.6. The number of nitrogens with zero attached hydrogens (tertiary/aromatic N) is 2. The van der Waals surface area contributed by atoms with Crippen molar-refractivity contribution in [3.05, 3.63) is 11.9 Å². The zero-order valence-electron chi connectivity index (χ0n) is 12.6. The molecule has 1 aromatic rings. The molecule has 0 saturated carbocycles. The molecular weight excluding hydrogens is 258 g/mol. The number of methoxy groups -OCH3 is 1.